The fourth-order valence-corrected chi connectivity index (χ4v) is 9.06. The maximum atomic E-state index is 14.7. The van der Waals surface area contributed by atoms with Crippen LogP contribution >= 0.6 is 77.4 Å². The highest BCUT2D eigenvalue weighted by Crippen LogP contribution is 2.55. The Labute approximate surface area is 428 Å². The number of esters is 1. The van der Waals surface area contributed by atoms with Gasteiger partial charge in [0, 0.05) is 0 Å². The second-order valence-electron chi connectivity index (χ2n) is 16.4. The summed E-state index contributed by atoms with van der Waals surface area (Å²) in [7, 11) is -4.58. The van der Waals surface area contributed by atoms with Crippen molar-refractivity contribution >= 4 is 95.4 Å². The van der Waals surface area contributed by atoms with E-state index in [-0.39, 0.29) is 39.5 Å². The first-order valence-electron chi connectivity index (χ1n) is 22.6. The molecule has 3 aromatic carbocycles. The molecule has 1 amide bonds. The summed E-state index contributed by atoms with van der Waals surface area (Å²) in [5, 5.41) is 11.0. The highest BCUT2D eigenvalue weighted by molar-refractivity contribution is 7.48. The number of carbonyl (C=O) groups is 2. The van der Waals surface area contributed by atoms with Gasteiger partial charge >= 0.3 is 19.9 Å². The lowest BCUT2D eigenvalue weighted by Gasteiger charge is -2.45. The third kappa shape index (κ3) is 20.0. The van der Waals surface area contributed by atoms with Crippen molar-refractivity contribution in [3.05, 3.63) is 107 Å². The van der Waals surface area contributed by atoms with Gasteiger partial charge in [0.15, 0.2) is 6.10 Å². The molecule has 1 unspecified atom stereocenters. The molecule has 1 fully saturated rings. The number of alkyl carbamates (subject to hydrolysis) is 1. The monoisotopic (exact) mass is 1080 g/mol. The molecule has 0 spiro atoms. The van der Waals surface area contributed by atoms with Crippen LogP contribution in [0.1, 0.15) is 99.8 Å². The number of halogens is 6. The Morgan fingerprint density at radius 2 is 1.32 bits per heavy atom. The van der Waals surface area contributed by atoms with Crippen LogP contribution in [0.15, 0.2) is 84.9 Å². The molecule has 14 nitrogen and oxygen atoms in total. The quantitative estimate of drug-likeness (QED) is 0.0206. The van der Waals surface area contributed by atoms with Crippen molar-refractivity contribution in [2.75, 3.05) is 13.2 Å². The van der Waals surface area contributed by atoms with Gasteiger partial charge in [-0.3, -0.25) is 23.8 Å². The molecule has 0 aromatic heterocycles. The van der Waals surface area contributed by atoms with Gasteiger partial charge in [-0.1, -0.05) is 219 Å². The summed E-state index contributed by atoms with van der Waals surface area (Å²) < 4.78 is 64.3. The molecule has 2 N–H and O–H groups in total. The average Bonchev–Trinajstić information content (AvgIpc) is 3.47. The van der Waals surface area contributed by atoms with Crippen LogP contribution in [0.2, 0.25) is 0 Å². The van der Waals surface area contributed by atoms with Crippen LogP contribution in [0.25, 0.3) is 0 Å². The molecular weight excluding hydrogens is 1030 g/mol. The number of rotatable bonds is 25. The number of nitrogens with one attached hydrogen (secondary N) is 2. The van der Waals surface area contributed by atoms with Crippen molar-refractivity contribution in [2.45, 2.75) is 148 Å². The van der Waals surface area contributed by atoms with Crippen molar-refractivity contribution in [3.8, 4) is 0 Å². The summed E-state index contributed by atoms with van der Waals surface area (Å²) >= 11 is 35.9. The van der Waals surface area contributed by atoms with Crippen molar-refractivity contribution < 1.29 is 56.1 Å². The maximum absolute atomic E-state index is 14.7. The molecule has 2 heterocycles. The molecular formula is C47H59Cl6N2O12P. The molecule has 1 saturated heterocycles. The molecule has 21 heteroatoms. The van der Waals surface area contributed by atoms with E-state index in [2.05, 4.69) is 12.2 Å². The minimum absolute atomic E-state index is 0.0671. The molecule has 5 rings (SSSR count). The van der Waals surface area contributed by atoms with E-state index in [9.17, 15) is 14.2 Å². The summed E-state index contributed by atoms with van der Waals surface area (Å²) in [6.07, 6.45) is 1.84. The van der Waals surface area contributed by atoms with Crippen LogP contribution in [0.4, 0.5) is 4.79 Å². The normalized spacial score (nSPS) is 20.9. The number of fused-ring (bicyclic) bond motifs is 1. The van der Waals surface area contributed by atoms with E-state index in [0.717, 1.165) is 36.8 Å². The van der Waals surface area contributed by atoms with E-state index in [1.807, 2.05) is 60.7 Å². The Hall–Kier alpha value is -2.40. The second-order valence-corrected chi connectivity index (χ2v) is 22.8. The zero-order chi connectivity index (χ0) is 49.0. The van der Waals surface area contributed by atoms with Gasteiger partial charge in [-0.15, -0.1) is 0 Å². The van der Waals surface area contributed by atoms with Crippen LogP contribution < -0.4 is 5.32 Å². The first-order valence-corrected chi connectivity index (χ1v) is 26.3. The summed E-state index contributed by atoms with van der Waals surface area (Å²) in [5.41, 5.74) is 3.09. The zero-order valence-electron chi connectivity index (χ0n) is 37.7. The second kappa shape index (κ2) is 28.6. The van der Waals surface area contributed by atoms with Crippen molar-refractivity contribution in [3.63, 3.8) is 0 Å². The number of carbonyl (C=O) groups excluding carboxylic acids is 2. The molecule has 0 radical (unpaired) electrons. The van der Waals surface area contributed by atoms with Crippen molar-refractivity contribution in [1.29, 1.82) is 5.41 Å². The van der Waals surface area contributed by atoms with E-state index in [1.165, 1.54) is 32.1 Å². The molecule has 0 saturated carbocycles. The van der Waals surface area contributed by atoms with Gasteiger partial charge in [-0.25, -0.2) is 9.36 Å². The summed E-state index contributed by atoms with van der Waals surface area (Å²) in [6, 6.07) is 24.2. The zero-order valence-corrected chi connectivity index (χ0v) is 43.1. The predicted octanol–water partition coefficient (Wildman–Crippen LogP) is 12.8. The number of unbranched alkanes of at least 4 members (excludes halogenated alkanes) is 8. The van der Waals surface area contributed by atoms with Crippen molar-refractivity contribution in [2.24, 2.45) is 0 Å². The van der Waals surface area contributed by atoms with E-state index in [4.69, 9.17) is 117 Å². The summed E-state index contributed by atoms with van der Waals surface area (Å²) in [6.45, 7) is 1.09. The number of hydrogen-bond acceptors (Lipinski definition) is 13. The third-order valence-electron chi connectivity index (χ3n) is 10.9. The maximum Gasteiger partial charge on any atom is 0.475 e. The molecule has 376 valence electrons. The van der Waals surface area contributed by atoms with Crippen LogP contribution in [0, 0.1) is 5.41 Å². The molecule has 0 bridgehead atoms. The van der Waals surface area contributed by atoms with Crippen molar-refractivity contribution in [1.82, 2.24) is 5.32 Å². The lowest BCUT2D eigenvalue weighted by Crippen LogP contribution is -2.67. The third-order valence-corrected chi connectivity index (χ3v) is 13.2. The first kappa shape index (κ1) is 56.5. The van der Waals surface area contributed by atoms with Gasteiger partial charge in [0.1, 0.15) is 24.9 Å². The molecule has 2 aliphatic heterocycles. The van der Waals surface area contributed by atoms with Gasteiger partial charge in [0.05, 0.1) is 45.6 Å². The number of amides is 1. The number of phosphoric ester groups is 1. The smallest absolute Gasteiger partial charge is 0.457 e. The van der Waals surface area contributed by atoms with Crippen LogP contribution in [-0.4, -0.2) is 75.5 Å². The number of alkyl halides is 6. The average molecular weight is 1090 g/mol. The van der Waals surface area contributed by atoms with Gasteiger partial charge in [-0.05, 0) is 28.7 Å². The number of benzene rings is 3. The Morgan fingerprint density at radius 3 is 1.90 bits per heavy atom. The molecule has 0 aliphatic carbocycles. The van der Waals surface area contributed by atoms with E-state index < -0.39 is 76.7 Å². The van der Waals surface area contributed by atoms with Gasteiger partial charge in [-0.2, -0.15) is 0 Å². The van der Waals surface area contributed by atoms with Crippen LogP contribution in [0.3, 0.4) is 0 Å². The molecule has 2 aliphatic rings. The lowest BCUT2D eigenvalue weighted by molar-refractivity contribution is -0.255. The molecule has 68 heavy (non-hydrogen) atoms. The van der Waals surface area contributed by atoms with Gasteiger partial charge < -0.3 is 33.7 Å². The highest BCUT2D eigenvalue weighted by Gasteiger charge is 2.55. The first-order chi connectivity index (χ1) is 32.5. The minimum atomic E-state index is -4.58. The Morgan fingerprint density at radius 1 is 0.765 bits per heavy atom. The topological polar surface area (TPSA) is 170 Å². The highest BCUT2D eigenvalue weighted by atomic mass is 35.6. The SMILES string of the molecule is CCCCCCCCCCC[C@@H](CC(=O)O[C@H]1[C@H](OP2(=O)OCc3ccccc3CO2)[C@@H](COCc2ccccc2)OC(OC(=N)C(Cl)(Cl)Cl)[C@@H]1NC(=O)OCC(Cl)(Cl)Cl)OCc1ccccc1. The van der Waals surface area contributed by atoms with E-state index in [1.54, 1.807) is 24.3 Å². The Balaban J connectivity index is 1.48. The minimum Gasteiger partial charge on any atom is -0.457 e. The fraction of sp³-hybridized carbons (Fsp3) is 0.553. The Kier molecular flexibility index (Phi) is 23.8. The van der Waals surface area contributed by atoms with Gasteiger partial charge in [0.25, 0.3) is 3.79 Å². The number of ether oxygens (including phenoxy) is 6. The molecule has 6 atom stereocenters. The molecule has 3 aromatic rings. The standard InChI is InChI=1S/C47H59Cl6N2O12P/c1-2-3-4-5-6-7-8-9-16-25-37(60-28-34-21-14-11-15-22-34)26-39(56)65-42-40(55-45(57)61-32-46(48,49)50)43(66-44(54)47(51,52)53)64-38(31-59-27-33-19-12-10-13-20-33)41(42)67-68(58)62-29-35-23-17-18-24-36(35)30-63-68/h10-15,17-24,37-38,40-43,54H,2-9,16,25-32H2,1H3,(H,55,57)/t37-,38+,40+,41+,42+,43?/m0/s1. The number of hydrogen-bond donors (Lipinski definition) is 2. The van der Waals surface area contributed by atoms with Crippen LogP contribution in [0.5, 0.6) is 0 Å². The van der Waals surface area contributed by atoms with E-state index in [0.29, 0.717) is 17.5 Å². The van der Waals surface area contributed by atoms with Gasteiger partial charge in [0.2, 0.25) is 16.0 Å². The lowest BCUT2D eigenvalue weighted by atomic mass is 9.96. The predicted molar refractivity (Wildman–Crippen MR) is 262 cm³/mol. The largest absolute Gasteiger partial charge is 0.475 e. The van der Waals surface area contributed by atoms with E-state index >= 15 is 0 Å². The summed E-state index contributed by atoms with van der Waals surface area (Å²) in [5.74, 6) is -1.74. The summed E-state index contributed by atoms with van der Waals surface area (Å²) in [4.78, 5) is 28.0. The van der Waals surface area contributed by atoms with Crippen LogP contribution in [-0.2, 0) is 77.8 Å². The number of phosphoric acid groups is 1. The fourth-order valence-electron chi connectivity index (χ4n) is 7.42. The Bertz CT molecular complexity index is 2020.